The van der Waals surface area contributed by atoms with Crippen LogP contribution in [-0.2, 0) is 34.3 Å². The van der Waals surface area contributed by atoms with E-state index in [0.29, 0.717) is 49.0 Å². The molecule has 11 heteroatoms. The maximum absolute atomic E-state index is 12.8. The molecule has 2 bridgehead atoms. The highest BCUT2D eigenvalue weighted by Gasteiger charge is 2.41. The van der Waals surface area contributed by atoms with Crippen LogP contribution < -0.4 is 15.4 Å². The highest BCUT2D eigenvalue weighted by Crippen LogP contribution is 2.41. The van der Waals surface area contributed by atoms with Crippen LogP contribution in [0.1, 0.15) is 55.2 Å². The SMILES string of the molecule is NC(=O)[C@]1(O)CN([SH](=O)=O)CCC/C=C/[C@H](O)[C@@H]2CC[C@H]2CN2CCCCc3cc(Cl)ccc3COc3ccc1cc32. The molecule has 3 aliphatic rings. The first-order chi connectivity index (χ1) is 20.2. The lowest BCUT2D eigenvalue weighted by Crippen LogP contribution is -2.50. The van der Waals surface area contributed by atoms with E-state index in [1.807, 2.05) is 30.4 Å². The summed E-state index contributed by atoms with van der Waals surface area (Å²) < 4.78 is 31.7. The largest absolute Gasteiger partial charge is 0.487 e. The number of carbonyl (C=O) groups excluding carboxylic acids is 1. The number of aliphatic hydroxyl groups is 2. The van der Waals surface area contributed by atoms with Gasteiger partial charge in [0.2, 0.25) is 10.9 Å². The molecular formula is C31H40ClN3O6S. The van der Waals surface area contributed by atoms with Gasteiger partial charge in [-0.25, -0.2) is 12.7 Å². The first-order valence-corrected chi connectivity index (χ1v) is 16.2. The molecule has 1 saturated carbocycles. The number of halogens is 1. The molecule has 5 rings (SSSR count). The van der Waals surface area contributed by atoms with Gasteiger partial charge in [0, 0.05) is 24.7 Å². The summed E-state index contributed by atoms with van der Waals surface area (Å²) in [5, 5.41) is 23.3. The van der Waals surface area contributed by atoms with Crippen molar-refractivity contribution in [2.24, 2.45) is 17.6 Å². The van der Waals surface area contributed by atoms with Crippen molar-refractivity contribution in [3.8, 4) is 5.75 Å². The molecule has 0 aromatic heterocycles. The van der Waals surface area contributed by atoms with Crippen LogP contribution in [-0.4, -0.2) is 61.1 Å². The van der Waals surface area contributed by atoms with Crippen LogP contribution in [0.2, 0.25) is 5.02 Å². The van der Waals surface area contributed by atoms with Crippen molar-refractivity contribution < 1.29 is 28.2 Å². The zero-order valence-corrected chi connectivity index (χ0v) is 25.3. The Morgan fingerprint density at radius 3 is 2.64 bits per heavy atom. The number of benzene rings is 2. The Bertz CT molecular complexity index is 1390. The number of amides is 1. The van der Waals surface area contributed by atoms with Crippen LogP contribution in [0.4, 0.5) is 5.69 Å². The van der Waals surface area contributed by atoms with Gasteiger partial charge in [-0.2, -0.15) is 0 Å². The van der Waals surface area contributed by atoms with Crippen LogP contribution in [0, 0.1) is 11.8 Å². The van der Waals surface area contributed by atoms with E-state index in [0.717, 1.165) is 47.5 Å². The molecule has 42 heavy (non-hydrogen) atoms. The molecule has 0 unspecified atom stereocenters. The molecule has 2 heterocycles. The summed E-state index contributed by atoms with van der Waals surface area (Å²) in [4.78, 5) is 15.0. The maximum atomic E-state index is 12.8. The summed E-state index contributed by atoms with van der Waals surface area (Å²) in [6.07, 6.45) is 8.71. The molecule has 9 nitrogen and oxygen atoms in total. The lowest BCUT2D eigenvalue weighted by molar-refractivity contribution is -0.138. The quantitative estimate of drug-likeness (QED) is 0.300. The number of thiol groups is 1. The Morgan fingerprint density at radius 2 is 1.90 bits per heavy atom. The first kappa shape index (κ1) is 30.8. The second-order valence-electron chi connectivity index (χ2n) is 11.7. The standard InChI is InChI=1S/C31H40ClN3O6S/c32-25-11-8-23-19-41-29-13-10-24-17-27(29)34(14-5-3-6-21(23)16-25)18-22-9-12-26(22)28(36)7-2-1-4-15-35(42(39)40)20-31(24,38)30(33)37/h2,7-8,10-11,13,16-17,22,26,28,36,38,42H,1,3-6,9,12,14-15,18-20H2,(H2,33,37)/b7-2+/t22-,26+,28-,31-/m0/s1. The summed E-state index contributed by atoms with van der Waals surface area (Å²) in [5.74, 6) is -0.0772. The second kappa shape index (κ2) is 13.3. The number of β-amino-alcohol motifs (C(OH)–C–C–N with tert-alkyl or cyclic N) is 1. The average Bonchev–Trinajstić information content (AvgIpc) is 2.96. The van der Waals surface area contributed by atoms with Gasteiger partial charge in [-0.3, -0.25) is 4.79 Å². The third-order valence-electron chi connectivity index (χ3n) is 8.99. The summed E-state index contributed by atoms with van der Waals surface area (Å²) in [6.45, 7) is 1.28. The minimum atomic E-state index is -3.09. The fraction of sp³-hybridized carbons (Fsp3) is 0.516. The Kier molecular flexibility index (Phi) is 9.79. The number of rotatable bonds is 2. The summed E-state index contributed by atoms with van der Waals surface area (Å²) in [5.41, 5.74) is 6.60. The second-order valence-corrected chi connectivity index (χ2v) is 13.2. The van der Waals surface area contributed by atoms with E-state index in [-0.39, 0.29) is 23.9 Å². The number of carbonyl (C=O) groups is 1. The molecule has 228 valence electrons. The van der Waals surface area contributed by atoms with Gasteiger partial charge in [0.25, 0.3) is 5.91 Å². The Morgan fingerprint density at radius 1 is 1.07 bits per heavy atom. The minimum absolute atomic E-state index is 0.102. The molecule has 0 radical (unpaired) electrons. The number of anilines is 1. The van der Waals surface area contributed by atoms with Crippen molar-refractivity contribution in [1.82, 2.24) is 4.31 Å². The molecule has 1 fully saturated rings. The molecule has 0 saturated heterocycles. The van der Waals surface area contributed by atoms with Gasteiger partial charge in [-0.05, 0) is 97.7 Å². The topological polar surface area (TPSA) is 133 Å². The zero-order valence-electron chi connectivity index (χ0n) is 23.7. The fourth-order valence-corrected chi connectivity index (χ4v) is 7.13. The molecular weight excluding hydrogens is 578 g/mol. The van der Waals surface area contributed by atoms with E-state index >= 15 is 0 Å². The Hall–Kier alpha value is -2.63. The number of aryl methyl sites for hydroxylation is 1. The van der Waals surface area contributed by atoms with Crippen LogP contribution >= 0.6 is 11.6 Å². The van der Waals surface area contributed by atoms with Crippen molar-refractivity contribution >= 4 is 34.1 Å². The molecule has 2 aromatic rings. The van der Waals surface area contributed by atoms with E-state index in [1.54, 1.807) is 18.2 Å². The van der Waals surface area contributed by atoms with Gasteiger partial charge in [-0.1, -0.05) is 35.9 Å². The van der Waals surface area contributed by atoms with Crippen molar-refractivity contribution in [3.63, 3.8) is 0 Å². The van der Waals surface area contributed by atoms with Crippen molar-refractivity contribution in [1.29, 1.82) is 0 Å². The van der Waals surface area contributed by atoms with Crippen LogP contribution in [0.5, 0.6) is 5.75 Å². The predicted octanol–water partition coefficient (Wildman–Crippen LogP) is 3.30. The van der Waals surface area contributed by atoms with Gasteiger partial charge in [0.1, 0.15) is 12.4 Å². The van der Waals surface area contributed by atoms with Crippen molar-refractivity contribution in [2.75, 3.05) is 31.1 Å². The third kappa shape index (κ3) is 6.78. The number of hydrogen-bond donors (Lipinski definition) is 4. The third-order valence-corrected chi connectivity index (χ3v) is 10.0. The number of allylic oxidation sites excluding steroid dienone is 1. The van der Waals surface area contributed by atoms with Gasteiger partial charge >= 0.3 is 0 Å². The van der Waals surface area contributed by atoms with Gasteiger partial charge in [0.05, 0.1) is 18.3 Å². The van der Waals surface area contributed by atoms with E-state index in [9.17, 15) is 23.4 Å². The molecule has 0 spiro atoms. The smallest absolute Gasteiger partial charge is 0.255 e. The lowest BCUT2D eigenvalue weighted by atomic mass is 9.70. The Labute approximate surface area is 254 Å². The van der Waals surface area contributed by atoms with E-state index in [1.165, 1.54) is 0 Å². The molecule has 2 aromatic carbocycles. The molecule has 4 atom stereocenters. The zero-order chi connectivity index (χ0) is 29.9. The fourth-order valence-electron chi connectivity index (χ4n) is 6.31. The lowest BCUT2D eigenvalue weighted by Gasteiger charge is -2.43. The van der Waals surface area contributed by atoms with E-state index in [2.05, 4.69) is 4.90 Å². The first-order valence-electron chi connectivity index (χ1n) is 14.7. The normalized spacial score (nSPS) is 28.4. The number of aliphatic hydroxyl groups excluding tert-OH is 1. The Balaban J connectivity index is 1.59. The predicted molar refractivity (Wildman–Crippen MR) is 163 cm³/mol. The number of fused-ring (bicyclic) bond motifs is 3. The van der Waals surface area contributed by atoms with Gasteiger partial charge < -0.3 is 25.6 Å². The molecule has 4 N–H and O–H groups in total. The summed E-state index contributed by atoms with van der Waals surface area (Å²) >= 11 is 6.30. The van der Waals surface area contributed by atoms with Gasteiger partial charge in [0.15, 0.2) is 5.60 Å². The van der Waals surface area contributed by atoms with Crippen molar-refractivity contribution in [3.05, 3.63) is 70.3 Å². The van der Waals surface area contributed by atoms with E-state index in [4.69, 9.17) is 22.1 Å². The number of nitrogens with zero attached hydrogens (tertiary/aromatic N) is 2. The van der Waals surface area contributed by atoms with Crippen molar-refractivity contribution in [2.45, 2.75) is 63.3 Å². The van der Waals surface area contributed by atoms with E-state index < -0.39 is 35.0 Å². The number of hydrogen-bond acceptors (Lipinski definition) is 7. The summed E-state index contributed by atoms with van der Waals surface area (Å²) in [7, 11) is -3.09. The average molecular weight is 618 g/mol. The minimum Gasteiger partial charge on any atom is -0.487 e. The summed E-state index contributed by atoms with van der Waals surface area (Å²) in [6, 6.07) is 10.8. The molecule has 2 aliphatic heterocycles. The van der Waals surface area contributed by atoms with Crippen LogP contribution in [0.25, 0.3) is 0 Å². The van der Waals surface area contributed by atoms with Crippen LogP contribution in [0.3, 0.4) is 0 Å². The number of primary amides is 1. The molecule has 1 amide bonds. The monoisotopic (exact) mass is 617 g/mol. The maximum Gasteiger partial charge on any atom is 0.255 e. The highest BCUT2D eigenvalue weighted by atomic mass is 35.5. The number of ether oxygens (including phenoxy) is 1. The molecule has 1 aliphatic carbocycles. The highest BCUT2D eigenvalue weighted by molar-refractivity contribution is 7.69. The number of nitrogens with two attached hydrogens (primary N) is 1. The van der Waals surface area contributed by atoms with Gasteiger partial charge in [-0.15, -0.1) is 0 Å². The van der Waals surface area contributed by atoms with Crippen LogP contribution in [0.15, 0.2) is 48.6 Å².